The van der Waals surface area contributed by atoms with E-state index in [1.807, 2.05) is 31.2 Å². The lowest BCUT2D eigenvalue weighted by molar-refractivity contribution is -0.145. The zero-order valence-corrected chi connectivity index (χ0v) is 17.1. The molecule has 0 bridgehead atoms. The Morgan fingerprint density at radius 1 is 0.967 bits per heavy atom. The van der Waals surface area contributed by atoms with Crippen LogP contribution >= 0.6 is 0 Å². The van der Waals surface area contributed by atoms with E-state index in [0.29, 0.717) is 17.0 Å². The van der Waals surface area contributed by atoms with Crippen LogP contribution < -0.4 is 9.47 Å². The minimum absolute atomic E-state index is 0.0617. The summed E-state index contributed by atoms with van der Waals surface area (Å²) in [5.74, 6) is 0.385. The molecule has 3 rings (SSSR count). The summed E-state index contributed by atoms with van der Waals surface area (Å²) in [6.45, 7) is 1.86. The van der Waals surface area contributed by atoms with Crippen LogP contribution in [0.4, 0.5) is 0 Å². The Hall–Kier alpha value is -3.61. The van der Waals surface area contributed by atoms with Crippen molar-refractivity contribution >= 4 is 22.8 Å². The number of rotatable bonds is 8. The first-order chi connectivity index (χ1) is 14.5. The molecule has 0 saturated heterocycles. The quantitative estimate of drug-likeness (QED) is 0.523. The zero-order chi connectivity index (χ0) is 21.5. The van der Waals surface area contributed by atoms with Gasteiger partial charge in [-0.2, -0.15) is 0 Å². The molecular formula is C23H23NO6. The summed E-state index contributed by atoms with van der Waals surface area (Å²) in [4.78, 5) is 28.9. The van der Waals surface area contributed by atoms with Gasteiger partial charge in [0.05, 0.1) is 44.0 Å². The van der Waals surface area contributed by atoms with Crippen molar-refractivity contribution in [1.29, 1.82) is 0 Å². The standard InChI is InChI=1S/C23H23NO6/c1-15-18-6-4-5-7-19(18)24-20(22(15)23(26)28-3)14-30-21(25)12-13-29-17-10-8-16(27-2)9-11-17/h4-11H,12-14H2,1-3H3. The summed E-state index contributed by atoms with van der Waals surface area (Å²) in [6.07, 6.45) is 0.0617. The van der Waals surface area contributed by atoms with E-state index < -0.39 is 11.9 Å². The van der Waals surface area contributed by atoms with Gasteiger partial charge in [-0.1, -0.05) is 18.2 Å². The maximum atomic E-state index is 12.3. The predicted molar refractivity (Wildman–Crippen MR) is 111 cm³/mol. The van der Waals surface area contributed by atoms with Gasteiger partial charge in [0.1, 0.15) is 18.1 Å². The van der Waals surface area contributed by atoms with E-state index in [2.05, 4.69) is 4.98 Å². The molecule has 0 aliphatic heterocycles. The second-order valence-electron chi connectivity index (χ2n) is 6.50. The molecule has 1 aromatic heterocycles. The Kier molecular flexibility index (Phi) is 6.85. The van der Waals surface area contributed by atoms with Crippen molar-refractivity contribution in [2.24, 2.45) is 0 Å². The van der Waals surface area contributed by atoms with Crippen LogP contribution in [0.3, 0.4) is 0 Å². The SMILES string of the molecule is COC(=O)c1c(COC(=O)CCOc2ccc(OC)cc2)nc2ccccc2c1C. The molecular weight excluding hydrogens is 386 g/mol. The molecule has 0 radical (unpaired) electrons. The first-order valence-corrected chi connectivity index (χ1v) is 9.42. The zero-order valence-electron chi connectivity index (χ0n) is 17.1. The van der Waals surface area contributed by atoms with Crippen LogP contribution in [0.25, 0.3) is 10.9 Å². The van der Waals surface area contributed by atoms with E-state index in [1.165, 1.54) is 7.11 Å². The van der Waals surface area contributed by atoms with Gasteiger partial charge in [0.2, 0.25) is 0 Å². The van der Waals surface area contributed by atoms with Gasteiger partial charge in [-0.3, -0.25) is 4.79 Å². The molecule has 156 valence electrons. The van der Waals surface area contributed by atoms with E-state index in [-0.39, 0.29) is 19.6 Å². The van der Waals surface area contributed by atoms with Gasteiger partial charge in [-0.25, -0.2) is 9.78 Å². The van der Waals surface area contributed by atoms with Gasteiger partial charge >= 0.3 is 11.9 Å². The Morgan fingerprint density at radius 3 is 2.37 bits per heavy atom. The highest BCUT2D eigenvalue weighted by atomic mass is 16.5. The molecule has 3 aromatic rings. The third-order valence-corrected chi connectivity index (χ3v) is 4.62. The van der Waals surface area contributed by atoms with Gasteiger partial charge in [-0.15, -0.1) is 0 Å². The average molecular weight is 409 g/mol. The number of aryl methyl sites for hydroxylation is 1. The number of ether oxygens (including phenoxy) is 4. The second-order valence-corrected chi connectivity index (χ2v) is 6.50. The summed E-state index contributed by atoms with van der Waals surface area (Å²) < 4.78 is 20.9. The molecule has 7 heteroatoms. The van der Waals surface area contributed by atoms with E-state index >= 15 is 0 Å². The molecule has 0 N–H and O–H groups in total. The van der Waals surface area contributed by atoms with Crippen LogP contribution in [0, 0.1) is 6.92 Å². The number of esters is 2. The topological polar surface area (TPSA) is 84.0 Å². The summed E-state index contributed by atoms with van der Waals surface area (Å²) in [7, 11) is 2.90. The van der Waals surface area contributed by atoms with Crippen molar-refractivity contribution in [3.05, 3.63) is 65.4 Å². The number of para-hydroxylation sites is 1. The van der Waals surface area contributed by atoms with Crippen molar-refractivity contribution in [3.8, 4) is 11.5 Å². The Labute approximate surface area is 174 Å². The summed E-state index contributed by atoms with van der Waals surface area (Å²) in [5.41, 5.74) is 2.14. The van der Waals surface area contributed by atoms with Crippen molar-refractivity contribution in [2.45, 2.75) is 20.0 Å². The first-order valence-electron chi connectivity index (χ1n) is 9.42. The van der Waals surface area contributed by atoms with Crippen LogP contribution in [0.2, 0.25) is 0 Å². The van der Waals surface area contributed by atoms with Crippen LogP contribution in [0.1, 0.15) is 28.0 Å². The second kappa shape index (κ2) is 9.73. The molecule has 0 spiro atoms. The number of aromatic nitrogens is 1. The Bertz CT molecular complexity index is 1050. The number of hydrogen-bond acceptors (Lipinski definition) is 7. The highest BCUT2D eigenvalue weighted by Crippen LogP contribution is 2.24. The number of fused-ring (bicyclic) bond motifs is 1. The van der Waals surface area contributed by atoms with Gasteiger partial charge < -0.3 is 18.9 Å². The van der Waals surface area contributed by atoms with E-state index in [0.717, 1.165) is 22.2 Å². The van der Waals surface area contributed by atoms with Gasteiger partial charge in [0.25, 0.3) is 0 Å². The Balaban J connectivity index is 1.64. The fourth-order valence-corrected chi connectivity index (χ4v) is 3.06. The number of carbonyl (C=O) groups excluding carboxylic acids is 2. The summed E-state index contributed by atoms with van der Waals surface area (Å²) in [5, 5.41) is 0.848. The number of pyridine rings is 1. The largest absolute Gasteiger partial charge is 0.497 e. The smallest absolute Gasteiger partial charge is 0.340 e. The monoisotopic (exact) mass is 409 g/mol. The molecule has 7 nitrogen and oxygen atoms in total. The highest BCUT2D eigenvalue weighted by Gasteiger charge is 2.20. The molecule has 0 saturated carbocycles. The minimum Gasteiger partial charge on any atom is -0.497 e. The predicted octanol–water partition coefficient (Wildman–Crippen LogP) is 3.85. The molecule has 0 atom stereocenters. The highest BCUT2D eigenvalue weighted by molar-refractivity contribution is 5.98. The summed E-state index contributed by atoms with van der Waals surface area (Å²) in [6, 6.07) is 14.5. The molecule has 30 heavy (non-hydrogen) atoms. The summed E-state index contributed by atoms with van der Waals surface area (Å²) >= 11 is 0. The third-order valence-electron chi connectivity index (χ3n) is 4.62. The van der Waals surface area contributed by atoms with Crippen LogP contribution in [0.5, 0.6) is 11.5 Å². The fraction of sp³-hybridized carbons (Fsp3) is 0.261. The normalized spacial score (nSPS) is 10.5. The third kappa shape index (κ3) is 4.86. The van der Waals surface area contributed by atoms with E-state index in [4.69, 9.17) is 18.9 Å². The number of benzene rings is 2. The van der Waals surface area contributed by atoms with Crippen molar-refractivity contribution in [1.82, 2.24) is 4.98 Å². The maximum Gasteiger partial charge on any atom is 0.340 e. The fourth-order valence-electron chi connectivity index (χ4n) is 3.06. The first kappa shape index (κ1) is 21.1. The Morgan fingerprint density at radius 2 is 1.67 bits per heavy atom. The van der Waals surface area contributed by atoms with Crippen molar-refractivity contribution < 1.29 is 28.5 Å². The molecule has 2 aromatic carbocycles. The lowest BCUT2D eigenvalue weighted by Crippen LogP contribution is -2.15. The van der Waals surface area contributed by atoms with E-state index in [9.17, 15) is 9.59 Å². The van der Waals surface area contributed by atoms with Crippen LogP contribution in [0.15, 0.2) is 48.5 Å². The molecule has 1 heterocycles. The van der Waals surface area contributed by atoms with Crippen molar-refractivity contribution in [2.75, 3.05) is 20.8 Å². The molecule has 0 aliphatic rings. The number of nitrogens with zero attached hydrogens (tertiary/aromatic N) is 1. The maximum absolute atomic E-state index is 12.3. The lowest BCUT2D eigenvalue weighted by atomic mass is 10.0. The molecule has 0 amide bonds. The number of carbonyl (C=O) groups is 2. The molecule has 0 aliphatic carbocycles. The number of hydrogen-bond donors (Lipinski definition) is 0. The van der Waals surface area contributed by atoms with E-state index in [1.54, 1.807) is 31.4 Å². The van der Waals surface area contributed by atoms with Gasteiger partial charge in [0.15, 0.2) is 0 Å². The van der Waals surface area contributed by atoms with Crippen molar-refractivity contribution in [3.63, 3.8) is 0 Å². The molecule has 0 fully saturated rings. The minimum atomic E-state index is -0.514. The van der Waals surface area contributed by atoms with Crippen LogP contribution in [-0.4, -0.2) is 37.7 Å². The van der Waals surface area contributed by atoms with Gasteiger partial charge in [0, 0.05) is 5.39 Å². The molecule has 0 unspecified atom stereocenters. The average Bonchev–Trinajstić information content (AvgIpc) is 2.78. The van der Waals surface area contributed by atoms with Crippen LogP contribution in [-0.2, 0) is 20.9 Å². The van der Waals surface area contributed by atoms with Gasteiger partial charge in [-0.05, 0) is 42.8 Å². The number of methoxy groups -OCH3 is 2. The lowest BCUT2D eigenvalue weighted by Gasteiger charge is -2.13.